The molecule has 0 aromatic carbocycles. The van der Waals surface area contributed by atoms with E-state index in [2.05, 4.69) is 27.7 Å². The lowest BCUT2D eigenvalue weighted by molar-refractivity contribution is 0.120. The molecule has 0 amide bonds. The summed E-state index contributed by atoms with van der Waals surface area (Å²) in [4.78, 5) is 0. The van der Waals surface area contributed by atoms with Gasteiger partial charge in [0.15, 0.2) is 0 Å². The van der Waals surface area contributed by atoms with Crippen LogP contribution in [0.1, 0.15) is 47.0 Å². The first kappa shape index (κ1) is 11.4. The van der Waals surface area contributed by atoms with Crippen LogP contribution in [0.3, 0.4) is 0 Å². The molecule has 0 saturated heterocycles. The molecule has 13 heavy (non-hydrogen) atoms. The van der Waals surface area contributed by atoms with E-state index in [0.717, 1.165) is 23.7 Å². The van der Waals surface area contributed by atoms with Gasteiger partial charge in [-0.1, -0.05) is 40.5 Å². The molecule has 5 atom stereocenters. The van der Waals surface area contributed by atoms with Crippen LogP contribution in [0.4, 0.5) is 0 Å². The van der Waals surface area contributed by atoms with Crippen LogP contribution >= 0.6 is 12.6 Å². The van der Waals surface area contributed by atoms with Crippen LogP contribution < -0.4 is 0 Å². The molecule has 0 aromatic rings. The Kier molecular flexibility index (Phi) is 4.15. The Balaban J connectivity index is 2.64. The lowest BCUT2D eigenvalue weighted by atomic mass is 9.67. The summed E-state index contributed by atoms with van der Waals surface area (Å²) in [5.74, 6) is 3.50. The van der Waals surface area contributed by atoms with Gasteiger partial charge in [0.2, 0.25) is 0 Å². The highest BCUT2D eigenvalue weighted by Gasteiger charge is 2.36. The number of rotatable bonds is 2. The van der Waals surface area contributed by atoms with Gasteiger partial charge in [0.25, 0.3) is 0 Å². The van der Waals surface area contributed by atoms with Crippen molar-refractivity contribution in [3.63, 3.8) is 0 Å². The normalized spacial score (nSPS) is 46.4. The molecule has 0 bridgehead atoms. The van der Waals surface area contributed by atoms with Gasteiger partial charge in [-0.15, -0.1) is 0 Å². The van der Waals surface area contributed by atoms with Crippen molar-refractivity contribution in [2.75, 3.05) is 0 Å². The van der Waals surface area contributed by atoms with E-state index >= 15 is 0 Å². The highest BCUT2D eigenvalue weighted by Crippen LogP contribution is 2.42. The van der Waals surface area contributed by atoms with Gasteiger partial charge in [0.1, 0.15) is 0 Å². The molecular formula is C12H24S. The quantitative estimate of drug-likeness (QED) is 0.640. The minimum absolute atomic E-state index is 0.641. The Morgan fingerprint density at radius 2 is 1.77 bits per heavy atom. The van der Waals surface area contributed by atoms with Crippen LogP contribution in [0.15, 0.2) is 0 Å². The van der Waals surface area contributed by atoms with Crippen molar-refractivity contribution >= 4 is 12.6 Å². The summed E-state index contributed by atoms with van der Waals surface area (Å²) in [6.07, 6.45) is 4.03. The highest BCUT2D eigenvalue weighted by atomic mass is 32.1. The van der Waals surface area contributed by atoms with Crippen LogP contribution in [0.25, 0.3) is 0 Å². The topological polar surface area (TPSA) is 0 Å². The summed E-state index contributed by atoms with van der Waals surface area (Å²) in [5, 5.41) is 0.641. The summed E-state index contributed by atoms with van der Waals surface area (Å²) >= 11 is 4.71. The van der Waals surface area contributed by atoms with E-state index in [0.29, 0.717) is 5.25 Å². The summed E-state index contributed by atoms with van der Waals surface area (Å²) in [6.45, 7) is 9.51. The van der Waals surface area contributed by atoms with Gasteiger partial charge in [-0.25, -0.2) is 0 Å². The van der Waals surface area contributed by atoms with E-state index in [9.17, 15) is 0 Å². The average Bonchev–Trinajstić information content (AvgIpc) is 2.09. The lowest BCUT2D eigenvalue weighted by Crippen LogP contribution is -2.37. The molecule has 78 valence electrons. The Morgan fingerprint density at radius 3 is 2.31 bits per heavy atom. The molecular weight excluding hydrogens is 176 g/mol. The maximum absolute atomic E-state index is 4.71. The standard InChI is InChI=1S/C12H24S/c1-5-6-11-9(3)8(2)7-12(13)10(11)4/h8-13H,5-7H2,1-4H3. The molecule has 0 nitrogen and oxygen atoms in total. The van der Waals surface area contributed by atoms with Crippen molar-refractivity contribution < 1.29 is 0 Å². The van der Waals surface area contributed by atoms with E-state index in [1.165, 1.54) is 19.3 Å². The maximum Gasteiger partial charge on any atom is 0.00478 e. The van der Waals surface area contributed by atoms with E-state index < -0.39 is 0 Å². The van der Waals surface area contributed by atoms with Crippen molar-refractivity contribution in [1.29, 1.82) is 0 Å². The first-order valence-corrected chi connectivity index (χ1v) is 6.27. The second-order valence-electron chi connectivity index (χ2n) is 4.95. The van der Waals surface area contributed by atoms with Crippen molar-refractivity contribution in [1.82, 2.24) is 0 Å². The smallest absolute Gasteiger partial charge is 0.00478 e. The second kappa shape index (κ2) is 4.72. The Hall–Kier alpha value is 0.350. The molecule has 0 aliphatic heterocycles. The molecule has 0 N–H and O–H groups in total. The first-order chi connectivity index (χ1) is 6.07. The van der Waals surface area contributed by atoms with Gasteiger partial charge < -0.3 is 0 Å². The van der Waals surface area contributed by atoms with Crippen LogP contribution in [-0.2, 0) is 0 Å². The summed E-state index contributed by atoms with van der Waals surface area (Å²) in [6, 6.07) is 0. The third-order valence-corrected chi connectivity index (χ3v) is 4.77. The van der Waals surface area contributed by atoms with Gasteiger partial charge >= 0.3 is 0 Å². The minimum atomic E-state index is 0.641. The largest absolute Gasteiger partial charge is 0.176 e. The van der Waals surface area contributed by atoms with E-state index in [4.69, 9.17) is 12.6 Å². The molecule has 1 rings (SSSR count). The molecule has 1 fully saturated rings. The predicted molar refractivity (Wildman–Crippen MR) is 63.3 cm³/mol. The van der Waals surface area contributed by atoms with Crippen LogP contribution in [-0.4, -0.2) is 5.25 Å². The maximum atomic E-state index is 4.71. The molecule has 1 heteroatoms. The molecule has 0 heterocycles. The molecule has 0 spiro atoms. The third-order valence-electron chi connectivity index (χ3n) is 4.09. The minimum Gasteiger partial charge on any atom is -0.176 e. The zero-order chi connectivity index (χ0) is 10.0. The fraction of sp³-hybridized carbons (Fsp3) is 1.00. The highest BCUT2D eigenvalue weighted by molar-refractivity contribution is 7.81. The molecule has 0 aromatic heterocycles. The second-order valence-corrected chi connectivity index (χ2v) is 5.61. The molecule has 0 radical (unpaired) electrons. The third kappa shape index (κ3) is 2.43. The lowest BCUT2D eigenvalue weighted by Gasteiger charge is -2.42. The van der Waals surface area contributed by atoms with Gasteiger partial charge in [-0.2, -0.15) is 12.6 Å². The number of thiol groups is 1. The van der Waals surface area contributed by atoms with Crippen LogP contribution in [0.5, 0.6) is 0 Å². The number of hydrogen-bond donors (Lipinski definition) is 1. The van der Waals surface area contributed by atoms with Crippen molar-refractivity contribution in [3.05, 3.63) is 0 Å². The Morgan fingerprint density at radius 1 is 1.15 bits per heavy atom. The summed E-state index contributed by atoms with van der Waals surface area (Å²) in [5.41, 5.74) is 0. The zero-order valence-corrected chi connectivity index (χ0v) is 10.3. The SMILES string of the molecule is CCCC1C(C)C(C)CC(S)C1C. The first-order valence-electron chi connectivity index (χ1n) is 5.76. The van der Waals surface area contributed by atoms with Gasteiger partial charge in [0, 0.05) is 5.25 Å². The van der Waals surface area contributed by atoms with Crippen LogP contribution in [0.2, 0.25) is 0 Å². The van der Waals surface area contributed by atoms with E-state index in [-0.39, 0.29) is 0 Å². The predicted octanol–water partition coefficient (Wildman–Crippen LogP) is 4.01. The van der Waals surface area contributed by atoms with E-state index in [1.807, 2.05) is 0 Å². The fourth-order valence-electron chi connectivity index (χ4n) is 2.86. The van der Waals surface area contributed by atoms with Gasteiger partial charge in [-0.05, 0) is 30.1 Å². The zero-order valence-electron chi connectivity index (χ0n) is 9.46. The molecule has 5 unspecified atom stereocenters. The molecule has 1 saturated carbocycles. The number of hydrogen-bond acceptors (Lipinski definition) is 1. The van der Waals surface area contributed by atoms with Crippen molar-refractivity contribution in [2.24, 2.45) is 23.7 Å². The summed E-state index contributed by atoms with van der Waals surface area (Å²) < 4.78 is 0. The monoisotopic (exact) mass is 200 g/mol. The molecule has 1 aliphatic carbocycles. The summed E-state index contributed by atoms with van der Waals surface area (Å²) in [7, 11) is 0. The Bertz CT molecular complexity index is 141. The van der Waals surface area contributed by atoms with Crippen molar-refractivity contribution in [2.45, 2.75) is 52.2 Å². The average molecular weight is 200 g/mol. The van der Waals surface area contributed by atoms with Gasteiger partial charge in [-0.3, -0.25) is 0 Å². The molecule has 1 aliphatic rings. The van der Waals surface area contributed by atoms with E-state index in [1.54, 1.807) is 0 Å². The Labute approximate surface area is 88.9 Å². The van der Waals surface area contributed by atoms with Crippen molar-refractivity contribution in [3.8, 4) is 0 Å². The fourth-order valence-corrected chi connectivity index (χ4v) is 3.41. The van der Waals surface area contributed by atoms with Crippen LogP contribution in [0, 0.1) is 23.7 Å². The van der Waals surface area contributed by atoms with Gasteiger partial charge in [0.05, 0.1) is 0 Å².